The maximum absolute atomic E-state index is 12.5. The van der Waals surface area contributed by atoms with E-state index in [2.05, 4.69) is 0 Å². The largest absolute Gasteiger partial charge is 0.504 e. The standard InChI is InChI=1S/C39H50O23/c1-53-23-11-17(5-9-21(23)45)3-7-19(43)13-20(44)8-4-18-6-10-22(24(12-18)54-2)55-37-33(51)30(48)35(26(15-41)57-37)59-62-39-34(52)31(49)36(27(16-42)58-39)60-61-38-32(50)29(47)28(46)25(14-40)56-38/h3-12,25-42,45-52H,13-16H2,1-2H3/b7-3+,8-4+/t25-,26-,27-,28-,29+,30-,31-,32-,33-,34-,35-,36-,37+,38-,39-/m1/s1. The molecule has 0 bridgehead atoms. The zero-order valence-corrected chi connectivity index (χ0v) is 33.1. The van der Waals surface area contributed by atoms with Crippen molar-refractivity contribution in [1.29, 1.82) is 0 Å². The Morgan fingerprint density at radius 1 is 0.548 bits per heavy atom. The molecular formula is C39H50O23. The van der Waals surface area contributed by atoms with Crippen LogP contribution < -0.4 is 14.2 Å². The van der Waals surface area contributed by atoms with Crippen LogP contribution in [0.25, 0.3) is 12.2 Å². The van der Waals surface area contributed by atoms with Crippen molar-refractivity contribution in [2.45, 2.75) is 98.5 Å². The van der Waals surface area contributed by atoms with Crippen LogP contribution in [-0.4, -0.2) is 194 Å². The van der Waals surface area contributed by atoms with Gasteiger partial charge in [-0.25, -0.2) is 19.6 Å². The fraction of sp³-hybridized carbons (Fsp3) is 0.538. The highest BCUT2D eigenvalue weighted by Gasteiger charge is 2.52. The van der Waals surface area contributed by atoms with Gasteiger partial charge in [0.05, 0.1) is 40.5 Å². The first-order valence-corrected chi connectivity index (χ1v) is 19.0. The Morgan fingerprint density at radius 3 is 1.52 bits per heavy atom. The minimum atomic E-state index is -2.02. The van der Waals surface area contributed by atoms with E-state index in [0.29, 0.717) is 11.1 Å². The number of carbonyl (C=O) groups is 2. The monoisotopic (exact) mass is 886 g/mol. The van der Waals surface area contributed by atoms with Gasteiger partial charge in [-0.3, -0.25) is 9.59 Å². The molecule has 3 saturated heterocycles. The summed E-state index contributed by atoms with van der Waals surface area (Å²) in [5.41, 5.74) is 1.02. The fourth-order valence-corrected chi connectivity index (χ4v) is 6.38. The first kappa shape index (κ1) is 48.8. The van der Waals surface area contributed by atoms with Gasteiger partial charge in [0.15, 0.2) is 40.7 Å². The van der Waals surface area contributed by atoms with Crippen LogP contribution in [0.15, 0.2) is 48.6 Å². The van der Waals surface area contributed by atoms with Crippen LogP contribution in [0, 0.1) is 0 Å². The number of hydrogen-bond donors (Lipinski definition) is 11. The number of rotatable bonds is 19. The molecule has 23 nitrogen and oxygen atoms in total. The van der Waals surface area contributed by atoms with Gasteiger partial charge in [-0.05, 0) is 47.5 Å². The van der Waals surface area contributed by atoms with E-state index < -0.39 is 130 Å². The summed E-state index contributed by atoms with van der Waals surface area (Å²) in [7, 11) is 2.69. The molecular weight excluding hydrogens is 836 g/mol. The highest BCUT2D eigenvalue weighted by molar-refractivity contribution is 6.10. The third-order valence-electron chi connectivity index (χ3n) is 9.92. The lowest BCUT2D eigenvalue weighted by Gasteiger charge is -2.44. The van der Waals surface area contributed by atoms with E-state index in [4.69, 9.17) is 48.0 Å². The number of aromatic hydroxyl groups is 1. The summed E-state index contributed by atoms with van der Waals surface area (Å²) in [5, 5.41) is 113. The Balaban J connectivity index is 1.14. The van der Waals surface area contributed by atoms with Crippen molar-refractivity contribution in [1.82, 2.24) is 0 Å². The third-order valence-corrected chi connectivity index (χ3v) is 9.92. The summed E-state index contributed by atoms with van der Waals surface area (Å²) in [6.07, 6.45) is -21.4. The molecule has 3 heterocycles. The molecule has 0 saturated carbocycles. The zero-order chi connectivity index (χ0) is 45.2. The van der Waals surface area contributed by atoms with Gasteiger partial charge in [-0.15, -0.1) is 0 Å². The molecule has 3 fully saturated rings. The van der Waals surface area contributed by atoms with Crippen LogP contribution >= 0.6 is 0 Å². The van der Waals surface area contributed by atoms with Gasteiger partial charge in [0, 0.05) is 0 Å². The second-order valence-corrected chi connectivity index (χ2v) is 14.2. The smallest absolute Gasteiger partial charge is 0.229 e. The highest BCUT2D eigenvalue weighted by atomic mass is 17.2. The predicted octanol–water partition coefficient (Wildman–Crippen LogP) is -3.65. The second kappa shape index (κ2) is 22.4. The number of allylic oxidation sites excluding steroid dienone is 2. The van der Waals surface area contributed by atoms with Crippen LogP contribution in [-0.2, 0) is 43.3 Å². The quantitative estimate of drug-likeness (QED) is 0.0280. The fourth-order valence-electron chi connectivity index (χ4n) is 6.38. The molecule has 0 spiro atoms. The maximum atomic E-state index is 12.5. The van der Waals surface area contributed by atoms with Gasteiger partial charge in [0.1, 0.15) is 67.1 Å². The van der Waals surface area contributed by atoms with E-state index in [1.54, 1.807) is 6.07 Å². The van der Waals surface area contributed by atoms with Crippen LogP contribution in [0.1, 0.15) is 17.5 Å². The van der Waals surface area contributed by atoms with Crippen LogP contribution in [0.2, 0.25) is 0 Å². The summed E-state index contributed by atoms with van der Waals surface area (Å²) < 4.78 is 32.4. The van der Waals surface area contributed by atoms with E-state index in [0.717, 1.165) is 0 Å². The van der Waals surface area contributed by atoms with Gasteiger partial charge in [0.2, 0.25) is 18.9 Å². The van der Waals surface area contributed by atoms with E-state index >= 15 is 0 Å². The topological polar surface area (TPSA) is 349 Å². The third kappa shape index (κ3) is 11.7. The highest BCUT2D eigenvalue weighted by Crippen LogP contribution is 2.34. The molecule has 0 unspecified atom stereocenters. The number of ketones is 2. The SMILES string of the molecule is COc1cc(/C=C/C(=O)CC(=O)/C=C/c2ccc(O[C@H]3O[C@H](CO)[C@@H](OO[C@H]4O[C@H](CO)[C@@H](OO[C@H]5O[C@H](CO)[C@@H](O)[C@H](O)[C@H]5O)[C@H](O)[C@H]4O)[C@H](O)[C@H]3O)c(OC)c2)ccc1O. The minimum Gasteiger partial charge on any atom is -0.504 e. The number of hydrogen-bond acceptors (Lipinski definition) is 23. The Hall–Kier alpha value is -4.22. The van der Waals surface area contributed by atoms with E-state index in [-0.39, 0.29) is 23.0 Å². The molecule has 15 atom stereocenters. The van der Waals surface area contributed by atoms with E-state index in [1.807, 2.05) is 0 Å². The molecule has 0 amide bonds. The maximum Gasteiger partial charge on any atom is 0.229 e. The average Bonchev–Trinajstić information content (AvgIpc) is 3.27. The molecule has 3 aliphatic rings. The molecule has 11 N–H and O–H groups in total. The van der Waals surface area contributed by atoms with Crippen molar-refractivity contribution in [2.24, 2.45) is 0 Å². The zero-order valence-electron chi connectivity index (χ0n) is 33.1. The Morgan fingerprint density at radius 2 is 1.00 bits per heavy atom. The summed E-state index contributed by atoms with van der Waals surface area (Å²) in [4.78, 5) is 45.3. The summed E-state index contributed by atoms with van der Waals surface area (Å²) in [6, 6.07) is 8.88. The van der Waals surface area contributed by atoms with Crippen molar-refractivity contribution in [3.8, 4) is 23.0 Å². The first-order chi connectivity index (χ1) is 29.6. The van der Waals surface area contributed by atoms with Gasteiger partial charge in [-0.1, -0.05) is 24.3 Å². The van der Waals surface area contributed by atoms with Gasteiger partial charge in [-0.2, -0.15) is 0 Å². The number of benzene rings is 2. The van der Waals surface area contributed by atoms with Crippen molar-refractivity contribution < 1.29 is 114 Å². The Labute approximate surface area is 352 Å². The van der Waals surface area contributed by atoms with Crippen molar-refractivity contribution in [2.75, 3.05) is 34.0 Å². The van der Waals surface area contributed by atoms with E-state index in [1.165, 1.54) is 68.9 Å². The number of aliphatic hydroxyl groups excluding tert-OH is 10. The Kier molecular flexibility index (Phi) is 17.6. The van der Waals surface area contributed by atoms with Gasteiger partial charge < -0.3 is 84.6 Å². The van der Waals surface area contributed by atoms with Crippen LogP contribution in [0.5, 0.6) is 23.0 Å². The van der Waals surface area contributed by atoms with Gasteiger partial charge in [0.25, 0.3) is 0 Å². The number of aliphatic hydroxyl groups is 10. The first-order valence-electron chi connectivity index (χ1n) is 19.0. The summed E-state index contributed by atoms with van der Waals surface area (Å²) in [6.45, 7) is -2.50. The molecule has 0 aromatic heterocycles. The lowest BCUT2D eigenvalue weighted by molar-refractivity contribution is -0.491. The molecule has 62 heavy (non-hydrogen) atoms. The lowest BCUT2D eigenvalue weighted by Crippen LogP contribution is -2.63. The molecule has 5 rings (SSSR count). The van der Waals surface area contributed by atoms with Gasteiger partial charge >= 0.3 is 0 Å². The molecule has 0 aliphatic carbocycles. The summed E-state index contributed by atoms with van der Waals surface area (Å²) in [5.74, 6) is -0.724. The molecule has 3 aliphatic heterocycles. The van der Waals surface area contributed by atoms with Crippen molar-refractivity contribution in [3.63, 3.8) is 0 Å². The molecule has 2 aromatic carbocycles. The molecule has 0 radical (unpaired) electrons. The van der Waals surface area contributed by atoms with Crippen LogP contribution in [0.3, 0.4) is 0 Å². The van der Waals surface area contributed by atoms with Crippen LogP contribution in [0.4, 0.5) is 0 Å². The normalized spacial score (nSPS) is 34.0. The predicted molar refractivity (Wildman–Crippen MR) is 202 cm³/mol. The lowest BCUT2D eigenvalue weighted by atomic mass is 9.99. The average molecular weight is 887 g/mol. The van der Waals surface area contributed by atoms with Crippen molar-refractivity contribution in [3.05, 3.63) is 59.7 Å². The summed E-state index contributed by atoms with van der Waals surface area (Å²) >= 11 is 0. The number of carbonyl (C=O) groups excluding carboxylic acids is 2. The minimum absolute atomic E-state index is 0.000711. The van der Waals surface area contributed by atoms with Crippen molar-refractivity contribution >= 4 is 23.7 Å². The Bertz CT molecular complexity index is 1840. The van der Waals surface area contributed by atoms with E-state index in [9.17, 15) is 65.8 Å². The number of ether oxygens (including phenoxy) is 6. The number of methoxy groups -OCH3 is 2. The molecule has 23 heteroatoms. The second-order valence-electron chi connectivity index (χ2n) is 14.2. The number of phenolic OH excluding ortho intramolecular Hbond substituents is 1. The number of phenols is 1. The molecule has 344 valence electrons. The molecule has 2 aromatic rings.